The summed E-state index contributed by atoms with van der Waals surface area (Å²) in [5.41, 5.74) is -0.636. The van der Waals surface area contributed by atoms with Crippen molar-refractivity contribution in [1.82, 2.24) is 10.2 Å². The fourth-order valence-electron chi connectivity index (χ4n) is 3.13. The van der Waals surface area contributed by atoms with Crippen molar-refractivity contribution in [3.05, 3.63) is 62.2 Å². The number of furan rings is 1. The molecule has 0 radical (unpaired) electrons. The van der Waals surface area contributed by atoms with Crippen LogP contribution in [0.2, 0.25) is 5.02 Å². The van der Waals surface area contributed by atoms with Gasteiger partial charge in [-0.15, -0.1) is 0 Å². The fourth-order valence-corrected chi connectivity index (χ4v) is 3.40. The van der Waals surface area contributed by atoms with E-state index in [1.807, 2.05) is 0 Å². The van der Waals surface area contributed by atoms with E-state index in [-0.39, 0.29) is 46.7 Å². The van der Waals surface area contributed by atoms with E-state index in [1.54, 1.807) is 6.92 Å². The second-order valence-electron chi connectivity index (χ2n) is 7.26. The molecule has 1 N–H and O–H groups in total. The topological polar surface area (TPSA) is 168 Å². The molecule has 1 saturated heterocycles. The third kappa shape index (κ3) is 5.63. The Morgan fingerprint density at radius 3 is 2.67 bits per heavy atom. The second kappa shape index (κ2) is 10.9. The summed E-state index contributed by atoms with van der Waals surface area (Å²) in [6.07, 6.45) is 0.0237. The van der Waals surface area contributed by atoms with Crippen LogP contribution in [0.5, 0.6) is 5.75 Å². The number of halogens is 1. The lowest BCUT2D eigenvalue weighted by Crippen LogP contribution is -2.30. The molecule has 13 nitrogen and oxygen atoms in total. The molecule has 1 fully saturated rings. The number of nitro benzene ring substituents is 1. The number of carbonyl (C=O) groups excluding carboxylic acids is 4. The molecule has 0 spiro atoms. The van der Waals surface area contributed by atoms with Crippen molar-refractivity contribution in [2.24, 2.45) is 0 Å². The zero-order chi connectivity index (χ0) is 26.6. The molecule has 2 heterocycles. The standard InChI is InChI=1S/C22H20ClN3O10/c1-4-34-20(28)11(2)35-18-14(23)7-12(9-16(18)26(31)32)8-15-19(27)25(22(30)24-15)10-13-5-6-17(36-13)21(29)33-3/h5-9,11H,4,10H2,1-3H3,(H,24,30)/b15-8-/t11-/m0/s1. The molecular weight excluding hydrogens is 502 g/mol. The molecule has 0 unspecified atom stereocenters. The molecule has 0 aliphatic carbocycles. The number of methoxy groups -OCH3 is 1. The highest BCUT2D eigenvalue weighted by atomic mass is 35.5. The van der Waals surface area contributed by atoms with Crippen molar-refractivity contribution in [1.29, 1.82) is 0 Å². The number of ether oxygens (including phenoxy) is 3. The Balaban J connectivity index is 1.84. The summed E-state index contributed by atoms with van der Waals surface area (Å²) in [7, 11) is 1.18. The number of urea groups is 1. The molecule has 1 aromatic heterocycles. The van der Waals surface area contributed by atoms with Crippen LogP contribution in [-0.4, -0.2) is 53.5 Å². The van der Waals surface area contributed by atoms with Gasteiger partial charge in [-0.2, -0.15) is 0 Å². The van der Waals surface area contributed by atoms with Crippen LogP contribution in [0.25, 0.3) is 6.08 Å². The van der Waals surface area contributed by atoms with Gasteiger partial charge in [0.1, 0.15) is 11.5 Å². The predicted molar refractivity (Wildman–Crippen MR) is 122 cm³/mol. The summed E-state index contributed by atoms with van der Waals surface area (Å²) >= 11 is 6.19. The number of imide groups is 1. The lowest BCUT2D eigenvalue weighted by atomic mass is 10.1. The van der Waals surface area contributed by atoms with Crippen molar-refractivity contribution in [2.45, 2.75) is 26.5 Å². The fraction of sp³-hybridized carbons (Fsp3) is 0.273. The van der Waals surface area contributed by atoms with Crippen LogP contribution in [0.3, 0.4) is 0 Å². The lowest BCUT2D eigenvalue weighted by Gasteiger charge is -2.15. The summed E-state index contributed by atoms with van der Waals surface area (Å²) in [6.45, 7) is 2.76. The number of nitro groups is 1. The zero-order valence-electron chi connectivity index (χ0n) is 19.2. The highest BCUT2D eigenvalue weighted by molar-refractivity contribution is 6.32. The maximum absolute atomic E-state index is 12.8. The van der Waals surface area contributed by atoms with E-state index in [0.717, 1.165) is 11.0 Å². The second-order valence-corrected chi connectivity index (χ2v) is 7.66. The van der Waals surface area contributed by atoms with Gasteiger partial charge >= 0.3 is 23.7 Å². The van der Waals surface area contributed by atoms with E-state index in [4.69, 9.17) is 25.5 Å². The van der Waals surface area contributed by atoms with Crippen LogP contribution >= 0.6 is 11.6 Å². The molecular formula is C22H20ClN3O10. The van der Waals surface area contributed by atoms with Gasteiger partial charge in [0, 0.05) is 6.07 Å². The van der Waals surface area contributed by atoms with Crippen LogP contribution in [0, 0.1) is 10.1 Å². The van der Waals surface area contributed by atoms with Crippen LogP contribution in [0.1, 0.15) is 35.7 Å². The van der Waals surface area contributed by atoms with Gasteiger partial charge in [-0.1, -0.05) is 11.6 Å². The average Bonchev–Trinajstić information content (AvgIpc) is 3.40. The van der Waals surface area contributed by atoms with Gasteiger partial charge in [0.25, 0.3) is 5.91 Å². The van der Waals surface area contributed by atoms with Crippen LogP contribution < -0.4 is 10.1 Å². The molecule has 1 aliphatic heterocycles. The van der Waals surface area contributed by atoms with Gasteiger partial charge in [0.15, 0.2) is 6.10 Å². The number of rotatable bonds is 9. The first-order chi connectivity index (χ1) is 17.0. The first kappa shape index (κ1) is 26.2. The van der Waals surface area contributed by atoms with Gasteiger partial charge in [-0.25, -0.2) is 14.4 Å². The third-order valence-corrected chi connectivity index (χ3v) is 5.07. The summed E-state index contributed by atoms with van der Waals surface area (Å²) < 4.78 is 20.0. The van der Waals surface area contributed by atoms with Gasteiger partial charge < -0.3 is 23.9 Å². The van der Waals surface area contributed by atoms with E-state index in [0.29, 0.717) is 0 Å². The largest absolute Gasteiger partial charge is 0.471 e. The molecule has 36 heavy (non-hydrogen) atoms. The van der Waals surface area contributed by atoms with E-state index in [1.165, 1.54) is 38.3 Å². The minimum Gasteiger partial charge on any atom is -0.471 e. The minimum atomic E-state index is -1.17. The smallest absolute Gasteiger partial charge is 0.373 e. The lowest BCUT2D eigenvalue weighted by molar-refractivity contribution is -0.386. The molecule has 0 bridgehead atoms. The van der Waals surface area contributed by atoms with Crippen molar-refractivity contribution in [2.75, 3.05) is 13.7 Å². The quantitative estimate of drug-likeness (QED) is 0.170. The number of hydrogen-bond donors (Lipinski definition) is 1. The highest BCUT2D eigenvalue weighted by Gasteiger charge is 2.35. The Hall–Kier alpha value is -4.39. The first-order valence-electron chi connectivity index (χ1n) is 10.4. The van der Waals surface area contributed by atoms with Crippen molar-refractivity contribution in [3.8, 4) is 5.75 Å². The summed E-state index contributed by atoms with van der Waals surface area (Å²) in [6, 6.07) is 4.32. The summed E-state index contributed by atoms with van der Waals surface area (Å²) in [4.78, 5) is 60.1. The van der Waals surface area contributed by atoms with Gasteiger partial charge in [-0.3, -0.25) is 19.8 Å². The zero-order valence-corrected chi connectivity index (χ0v) is 20.0. The van der Waals surface area contributed by atoms with Crippen LogP contribution in [0.15, 0.2) is 34.4 Å². The predicted octanol–water partition coefficient (Wildman–Crippen LogP) is 3.05. The van der Waals surface area contributed by atoms with Crippen LogP contribution in [-0.2, 0) is 25.6 Å². The molecule has 190 valence electrons. The number of nitrogens with zero attached hydrogens (tertiary/aromatic N) is 2. The highest BCUT2D eigenvalue weighted by Crippen LogP contribution is 2.37. The molecule has 14 heteroatoms. The van der Waals surface area contributed by atoms with Gasteiger partial charge in [0.2, 0.25) is 11.5 Å². The molecule has 1 aliphatic rings. The SMILES string of the molecule is CCOC(=O)[C@H](C)Oc1c(Cl)cc(/C=C2\NC(=O)N(Cc3ccc(C(=O)OC)o3)C2=O)cc1[N+](=O)[O-]. The molecule has 0 saturated carbocycles. The number of benzene rings is 1. The number of amides is 3. The number of nitrogens with one attached hydrogen (secondary N) is 1. The Morgan fingerprint density at radius 2 is 2.03 bits per heavy atom. The number of carbonyl (C=O) groups is 4. The maximum Gasteiger partial charge on any atom is 0.373 e. The van der Waals surface area contributed by atoms with Crippen molar-refractivity contribution in [3.63, 3.8) is 0 Å². The summed E-state index contributed by atoms with van der Waals surface area (Å²) in [5, 5.41) is 13.8. The van der Waals surface area contributed by atoms with E-state index in [9.17, 15) is 29.3 Å². The van der Waals surface area contributed by atoms with Crippen molar-refractivity contribution < 1.29 is 42.7 Å². The Morgan fingerprint density at radius 1 is 1.31 bits per heavy atom. The molecule has 1 atom stereocenters. The van der Waals surface area contributed by atoms with E-state index in [2.05, 4.69) is 10.1 Å². The Kier molecular flexibility index (Phi) is 7.94. The van der Waals surface area contributed by atoms with Gasteiger partial charge in [-0.05, 0) is 43.7 Å². The van der Waals surface area contributed by atoms with Crippen molar-refractivity contribution >= 4 is 47.2 Å². The Labute approximate surface area is 208 Å². The molecule has 3 amide bonds. The number of esters is 2. The maximum atomic E-state index is 12.8. The molecule has 1 aromatic carbocycles. The average molecular weight is 522 g/mol. The minimum absolute atomic E-state index is 0.0952. The van der Waals surface area contributed by atoms with Gasteiger partial charge in [0.05, 0.1) is 30.2 Å². The normalized spacial score (nSPS) is 15.0. The monoisotopic (exact) mass is 521 g/mol. The first-order valence-corrected chi connectivity index (χ1v) is 10.8. The third-order valence-electron chi connectivity index (χ3n) is 4.79. The Bertz CT molecular complexity index is 1270. The number of hydrogen-bond acceptors (Lipinski definition) is 10. The molecule has 3 rings (SSSR count). The van der Waals surface area contributed by atoms with Crippen LogP contribution in [0.4, 0.5) is 10.5 Å². The molecule has 2 aromatic rings. The van der Waals surface area contributed by atoms with E-state index < -0.39 is 40.6 Å². The summed E-state index contributed by atoms with van der Waals surface area (Å²) in [5.74, 6) is -2.50. The van der Waals surface area contributed by atoms with E-state index >= 15 is 0 Å².